The van der Waals surface area contributed by atoms with E-state index in [0.717, 1.165) is 22.9 Å². The summed E-state index contributed by atoms with van der Waals surface area (Å²) in [6.07, 6.45) is -2.15. The highest BCUT2D eigenvalue weighted by Crippen LogP contribution is 2.32. The van der Waals surface area contributed by atoms with Crippen LogP contribution in [0.25, 0.3) is 5.65 Å². The molecule has 1 saturated carbocycles. The number of aromatic nitrogens is 4. The molecule has 1 aliphatic carbocycles. The molecule has 3 aromatic rings. The highest BCUT2D eigenvalue weighted by atomic mass is 19.4. The Morgan fingerprint density at radius 1 is 1.12 bits per heavy atom. The zero-order chi connectivity index (χ0) is 18.3. The molecule has 0 N–H and O–H groups in total. The van der Waals surface area contributed by atoms with Gasteiger partial charge in [0.05, 0.1) is 0 Å². The quantitative estimate of drug-likeness (QED) is 0.650. The van der Waals surface area contributed by atoms with Gasteiger partial charge in [-0.15, -0.1) is 15.3 Å². The van der Waals surface area contributed by atoms with E-state index in [9.17, 15) is 17.6 Å². The van der Waals surface area contributed by atoms with Crippen molar-refractivity contribution >= 4 is 11.5 Å². The van der Waals surface area contributed by atoms with Crippen molar-refractivity contribution in [1.29, 1.82) is 0 Å². The largest absolute Gasteiger partial charge is 0.453 e. The summed E-state index contributed by atoms with van der Waals surface area (Å²) < 4.78 is 53.2. The molecule has 1 fully saturated rings. The van der Waals surface area contributed by atoms with E-state index in [1.807, 2.05) is 11.0 Å². The van der Waals surface area contributed by atoms with Gasteiger partial charge in [-0.3, -0.25) is 0 Å². The second-order valence-electron chi connectivity index (χ2n) is 6.29. The lowest BCUT2D eigenvalue weighted by atomic mass is 10.1. The number of rotatable bonds is 5. The van der Waals surface area contributed by atoms with E-state index in [1.165, 1.54) is 18.2 Å². The Hall–Kier alpha value is -2.71. The average molecular weight is 365 g/mol. The molecule has 1 aromatic carbocycles. The normalized spacial score (nSPS) is 14.8. The Morgan fingerprint density at radius 3 is 2.62 bits per heavy atom. The predicted molar refractivity (Wildman–Crippen MR) is 86.3 cm³/mol. The van der Waals surface area contributed by atoms with Gasteiger partial charge in [0.2, 0.25) is 0 Å². The fourth-order valence-corrected chi connectivity index (χ4v) is 2.92. The van der Waals surface area contributed by atoms with Crippen LogP contribution in [-0.2, 0) is 12.6 Å². The van der Waals surface area contributed by atoms with E-state index >= 15 is 0 Å². The van der Waals surface area contributed by atoms with Gasteiger partial charge in [0.1, 0.15) is 11.6 Å². The molecule has 4 rings (SSSR count). The molecule has 2 aromatic heterocycles. The van der Waals surface area contributed by atoms with Crippen molar-refractivity contribution in [1.82, 2.24) is 19.8 Å². The molecule has 0 unspecified atom stereocenters. The number of halogens is 4. The van der Waals surface area contributed by atoms with E-state index in [-0.39, 0.29) is 17.5 Å². The smallest absolute Gasteiger partial charge is 0.352 e. The summed E-state index contributed by atoms with van der Waals surface area (Å²) >= 11 is 0. The van der Waals surface area contributed by atoms with Crippen molar-refractivity contribution in [2.75, 3.05) is 11.4 Å². The average Bonchev–Trinajstić information content (AvgIpc) is 3.32. The van der Waals surface area contributed by atoms with Crippen LogP contribution in [0.5, 0.6) is 0 Å². The first-order chi connectivity index (χ1) is 12.4. The molecule has 0 saturated heterocycles. The molecule has 136 valence electrons. The van der Waals surface area contributed by atoms with E-state index in [0.29, 0.717) is 18.8 Å². The molecule has 0 amide bonds. The number of fused-ring (bicyclic) bond motifs is 1. The molecule has 9 heteroatoms. The third kappa shape index (κ3) is 3.33. The molecule has 0 aliphatic heterocycles. The van der Waals surface area contributed by atoms with Crippen LogP contribution in [0.15, 0.2) is 36.4 Å². The highest BCUT2D eigenvalue weighted by molar-refractivity contribution is 5.47. The van der Waals surface area contributed by atoms with E-state index < -0.39 is 12.0 Å². The Balaban J connectivity index is 1.62. The molecular weight excluding hydrogens is 350 g/mol. The van der Waals surface area contributed by atoms with Gasteiger partial charge in [-0.1, -0.05) is 12.1 Å². The third-order valence-electron chi connectivity index (χ3n) is 4.31. The number of alkyl halides is 3. The van der Waals surface area contributed by atoms with Gasteiger partial charge < -0.3 is 4.90 Å². The molecule has 1 aliphatic rings. The first-order valence-electron chi connectivity index (χ1n) is 8.22. The number of anilines is 1. The van der Waals surface area contributed by atoms with Crippen molar-refractivity contribution in [2.24, 2.45) is 0 Å². The molecular formula is C17H15F4N5. The minimum absolute atomic E-state index is 0.0435. The van der Waals surface area contributed by atoms with Gasteiger partial charge in [-0.05, 0) is 49.1 Å². The van der Waals surface area contributed by atoms with Gasteiger partial charge in [-0.2, -0.15) is 17.7 Å². The van der Waals surface area contributed by atoms with Crippen molar-refractivity contribution in [3.63, 3.8) is 0 Å². The summed E-state index contributed by atoms with van der Waals surface area (Å²) in [5.41, 5.74) is 0.874. The van der Waals surface area contributed by atoms with Crippen LogP contribution in [0.4, 0.5) is 23.4 Å². The third-order valence-corrected chi connectivity index (χ3v) is 4.31. The van der Waals surface area contributed by atoms with Crippen LogP contribution in [-0.4, -0.2) is 32.4 Å². The lowest BCUT2D eigenvalue weighted by Crippen LogP contribution is -2.29. The summed E-state index contributed by atoms with van der Waals surface area (Å²) in [4.78, 5) is 1.96. The van der Waals surface area contributed by atoms with Gasteiger partial charge in [-0.25, -0.2) is 4.39 Å². The van der Waals surface area contributed by atoms with E-state index in [4.69, 9.17) is 0 Å². The maximum absolute atomic E-state index is 13.3. The summed E-state index contributed by atoms with van der Waals surface area (Å²) in [6, 6.07) is 9.66. The molecule has 0 atom stereocenters. The molecule has 5 nitrogen and oxygen atoms in total. The standard InChI is InChI=1S/C17H15F4N5/c18-12-3-1-2-11(10-12)8-9-25(13-4-5-13)15-7-6-14-22-23-16(17(19,20)21)26(14)24-15/h1-3,6-7,10,13H,4-5,8-9H2. The number of nitrogens with zero attached hydrogens (tertiary/aromatic N) is 5. The first-order valence-corrected chi connectivity index (χ1v) is 8.22. The summed E-state index contributed by atoms with van der Waals surface area (Å²) in [7, 11) is 0. The Morgan fingerprint density at radius 2 is 1.92 bits per heavy atom. The summed E-state index contributed by atoms with van der Waals surface area (Å²) in [5.74, 6) is -1.02. The Kier molecular flexibility index (Phi) is 4.01. The minimum Gasteiger partial charge on any atom is -0.352 e. The SMILES string of the molecule is Fc1cccc(CCN(c2ccc3nnc(C(F)(F)F)n3n2)C2CC2)c1. The van der Waals surface area contributed by atoms with E-state index in [2.05, 4.69) is 15.3 Å². The Labute approximate surface area is 146 Å². The molecule has 0 radical (unpaired) electrons. The molecule has 0 spiro atoms. The number of hydrogen-bond acceptors (Lipinski definition) is 4. The lowest BCUT2D eigenvalue weighted by Gasteiger charge is -2.23. The summed E-state index contributed by atoms with van der Waals surface area (Å²) in [6.45, 7) is 0.538. The van der Waals surface area contributed by atoms with Crippen molar-refractivity contribution in [3.05, 3.63) is 53.6 Å². The van der Waals surface area contributed by atoms with Gasteiger partial charge in [0.25, 0.3) is 5.82 Å². The topological polar surface area (TPSA) is 46.3 Å². The maximum atomic E-state index is 13.3. The molecule has 2 heterocycles. The van der Waals surface area contributed by atoms with Crippen LogP contribution in [0, 0.1) is 5.82 Å². The van der Waals surface area contributed by atoms with Crippen LogP contribution >= 0.6 is 0 Å². The van der Waals surface area contributed by atoms with Crippen LogP contribution < -0.4 is 4.90 Å². The molecule has 0 bridgehead atoms. The van der Waals surface area contributed by atoms with Crippen LogP contribution in [0.2, 0.25) is 0 Å². The lowest BCUT2D eigenvalue weighted by molar-refractivity contribution is -0.146. The fraction of sp³-hybridized carbons (Fsp3) is 0.353. The second-order valence-corrected chi connectivity index (χ2v) is 6.29. The maximum Gasteiger partial charge on any atom is 0.453 e. The highest BCUT2D eigenvalue weighted by Gasteiger charge is 2.38. The summed E-state index contributed by atoms with van der Waals surface area (Å²) in [5, 5.41) is 10.8. The fourth-order valence-electron chi connectivity index (χ4n) is 2.92. The minimum atomic E-state index is -4.63. The Bertz CT molecular complexity index is 932. The second kappa shape index (κ2) is 6.22. The van der Waals surface area contributed by atoms with Gasteiger partial charge in [0, 0.05) is 12.6 Å². The monoisotopic (exact) mass is 365 g/mol. The first kappa shape index (κ1) is 16.7. The zero-order valence-corrected chi connectivity index (χ0v) is 13.6. The van der Waals surface area contributed by atoms with Crippen LogP contribution in [0.3, 0.4) is 0 Å². The van der Waals surface area contributed by atoms with E-state index in [1.54, 1.807) is 12.1 Å². The van der Waals surface area contributed by atoms with Gasteiger partial charge in [0.15, 0.2) is 5.65 Å². The van der Waals surface area contributed by atoms with Crippen molar-refractivity contribution < 1.29 is 17.6 Å². The predicted octanol–water partition coefficient (Wildman–Crippen LogP) is 3.49. The van der Waals surface area contributed by atoms with Crippen LogP contribution in [0.1, 0.15) is 24.2 Å². The number of hydrogen-bond donors (Lipinski definition) is 0. The van der Waals surface area contributed by atoms with Gasteiger partial charge >= 0.3 is 6.18 Å². The molecule has 26 heavy (non-hydrogen) atoms. The number of benzene rings is 1. The zero-order valence-electron chi connectivity index (χ0n) is 13.6. The van der Waals surface area contributed by atoms with Crippen molar-refractivity contribution in [2.45, 2.75) is 31.5 Å². The van der Waals surface area contributed by atoms with Crippen molar-refractivity contribution in [3.8, 4) is 0 Å².